The van der Waals surface area contributed by atoms with Crippen LogP contribution in [-0.2, 0) is 14.3 Å². The van der Waals surface area contributed by atoms with Gasteiger partial charge in [0.2, 0.25) is 0 Å². The lowest BCUT2D eigenvalue weighted by atomic mass is 10.0. The lowest BCUT2D eigenvalue weighted by Crippen LogP contribution is -2.27. The third-order valence-electron chi connectivity index (χ3n) is 8.11. The quantitative estimate of drug-likeness (QED) is 0.0461. The van der Waals surface area contributed by atoms with Crippen LogP contribution in [0.2, 0.25) is 0 Å². The highest BCUT2D eigenvalue weighted by atomic mass is 16.6. The Hall–Kier alpha value is -1.84. The molecule has 0 aliphatic heterocycles. The number of hydrogen-bond donors (Lipinski definition) is 1. The Kier molecular flexibility index (Phi) is 33.2. The Morgan fingerprint density at radius 2 is 0.884 bits per heavy atom. The predicted molar refractivity (Wildman–Crippen MR) is 186 cm³/mol. The van der Waals surface area contributed by atoms with Crippen LogP contribution in [0.1, 0.15) is 194 Å². The van der Waals surface area contributed by atoms with Crippen LogP contribution in [0.25, 0.3) is 0 Å². The second-order valence-electron chi connectivity index (χ2n) is 12.4. The molecule has 0 radical (unpaired) electrons. The minimum Gasteiger partial charge on any atom is -0.479 e. The molecule has 1 atom stereocenters. The van der Waals surface area contributed by atoms with Gasteiger partial charge >= 0.3 is 11.9 Å². The summed E-state index contributed by atoms with van der Waals surface area (Å²) in [5.41, 5.74) is 0. The Morgan fingerprint density at radius 1 is 0.512 bits per heavy atom. The fourth-order valence-corrected chi connectivity index (χ4v) is 5.29. The zero-order chi connectivity index (χ0) is 31.5. The maximum Gasteiger partial charge on any atom is 0.345 e. The zero-order valence-electron chi connectivity index (χ0n) is 28.5. The fraction of sp³-hybridized carbons (Fsp3) is 0.795. The molecule has 0 saturated carbocycles. The minimum atomic E-state index is -1.01. The Balaban J connectivity index is 3.58. The van der Waals surface area contributed by atoms with Gasteiger partial charge in [-0.25, -0.2) is 4.79 Å². The Labute approximate surface area is 267 Å². The van der Waals surface area contributed by atoms with Gasteiger partial charge in [-0.2, -0.15) is 0 Å². The number of carbonyl (C=O) groups is 2. The van der Waals surface area contributed by atoms with Crippen molar-refractivity contribution in [1.82, 2.24) is 0 Å². The number of carboxylic acid groups (broad SMARTS) is 1. The normalized spacial score (nSPS) is 12.6. The number of allylic oxidation sites excluding steroid dienone is 6. The van der Waals surface area contributed by atoms with Crippen molar-refractivity contribution < 1.29 is 19.4 Å². The van der Waals surface area contributed by atoms with E-state index in [0.29, 0.717) is 12.8 Å². The summed E-state index contributed by atoms with van der Waals surface area (Å²) in [5, 5.41) is 9.44. The number of carbonyl (C=O) groups excluding carboxylic acids is 1. The van der Waals surface area contributed by atoms with E-state index in [4.69, 9.17) is 4.74 Å². The van der Waals surface area contributed by atoms with Gasteiger partial charge in [0.25, 0.3) is 0 Å². The maximum atomic E-state index is 12.2. The van der Waals surface area contributed by atoms with Gasteiger partial charge in [0.1, 0.15) is 0 Å². The first-order valence-electron chi connectivity index (χ1n) is 18.5. The molecular weight excluding hydrogens is 532 g/mol. The van der Waals surface area contributed by atoms with Gasteiger partial charge in [-0.1, -0.05) is 147 Å². The van der Waals surface area contributed by atoms with E-state index in [1.807, 2.05) is 0 Å². The zero-order valence-corrected chi connectivity index (χ0v) is 28.5. The largest absolute Gasteiger partial charge is 0.479 e. The summed E-state index contributed by atoms with van der Waals surface area (Å²) in [6.45, 7) is 4.49. The number of ether oxygens (including phenoxy) is 1. The molecule has 0 fully saturated rings. The van der Waals surface area contributed by atoms with E-state index in [1.165, 1.54) is 116 Å². The highest BCUT2D eigenvalue weighted by Crippen LogP contribution is 2.15. The number of aliphatic carboxylic acids is 1. The predicted octanol–water partition coefficient (Wildman–Crippen LogP) is 12.6. The Morgan fingerprint density at radius 3 is 1.40 bits per heavy atom. The molecule has 0 bridgehead atoms. The van der Waals surface area contributed by atoms with Crippen molar-refractivity contribution in [2.24, 2.45) is 0 Å². The van der Waals surface area contributed by atoms with Gasteiger partial charge in [0, 0.05) is 6.42 Å². The van der Waals surface area contributed by atoms with Gasteiger partial charge in [0.05, 0.1) is 0 Å². The summed E-state index contributed by atoms with van der Waals surface area (Å²) < 4.78 is 5.29. The highest BCUT2D eigenvalue weighted by Gasteiger charge is 2.21. The first-order chi connectivity index (χ1) is 21.1. The second kappa shape index (κ2) is 34.6. The topological polar surface area (TPSA) is 63.6 Å². The fourth-order valence-electron chi connectivity index (χ4n) is 5.29. The van der Waals surface area contributed by atoms with Crippen LogP contribution in [0.15, 0.2) is 36.5 Å². The third kappa shape index (κ3) is 32.9. The molecule has 0 spiro atoms. The Bertz CT molecular complexity index is 693. The number of carboxylic acids is 1. The molecule has 1 unspecified atom stereocenters. The van der Waals surface area contributed by atoms with Gasteiger partial charge < -0.3 is 9.84 Å². The highest BCUT2D eigenvalue weighted by molar-refractivity contribution is 5.77. The summed E-state index contributed by atoms with van der Waals surface area (Å²) in [6, 6.07) is 0. The second-order valence-corrected chi connectivity index (χ2v) is 12.4. The molecule has 0 aliphatic carbocycles. The summed E-state index contributed by atoms with van der Waals surface area (Å²) in [5.74, 6) is -1.37. The molecular formula is C39H70O4. The molecule has 250 valence electrons. The van der Waals surface area contributed by atoms with E-state index < -0.39 is 12.1 Å². The van der Waals surface area contributed by atoms with Gasteiger partial charge in [-0.3, -0.25) is 4.79 Å². The molecule has 0 aliphatic rings. The summed E-state index contributed by atoms with van der Waals surface area (Å²) >= 11 is 0. The standard InChI is InChI=1S/C39H70O4/c1-3-5-7-9-11-13-15-16-17-18-19-20-21-22-23-24-26-28-30-32-34-36-38(40)43-37(39(41)42)35-33-31-29-27-25-14-12-10-8-6-4-2/h11,13,16-17,22-23,37H,3-10,12,14-15,18-21,24-36H2,1-2H3,(H,41,42)/b13-11-,17-16-,23-22-. The molecule has 0 amide bonds. The van der Waals surface area contributed by atoms with Crippen molar-refractivity contribution in [2.45, 2.75) is 200 Å². The number of rotatable bonds is 33. The molecule has 0 aromatic rings. The van der Waals surface area contributed by atoms with Crippen LogP contribution in [0, 0.1) is 0 Å². The van der Waals surface area contributed by atoms with Crippen molar-refractivity contribution >= 4 is 11.9 Å². The smallest absolute Gasteiger partial charge is 0.345 e. The molecule has 0 saturated heterocycles. The average Bonchev–Trinajstić information content (AvgIpc) is 3.00. The van der Waals surface area contributed by atoms with Crippen LogP contribution < -0.4 is 0 Å². The molecule has 43 heavy (non-hydrogen) atoms. The molecule has 0 aromatic carbocycles. The summed E-state index contributed by atoms with van der Waals surface area (Å²) in [7, 11) is 0. The van der Waals surface area contributed by atoms with Gasteiger partial charge in [0.15, 0.2) is 6.10 Å². The molecule has 0 heterocycles. The van der Waals surface area contributed by atoms with Crippen molar-refractivity contribution in [3.8, 4) is 0 Å². The van der Waals surface area contributed by atoms with Crippen LogP contribution in [0.4, 0.5) is 0 Å². The molecule has 4 nitrogen and oxygen atoms in total. The monoisotopic (exact) mass is 603 g/mol. The third-order valence-corrected chi connectivity index (χ3v) is 8.11. The molecule has 4 heteroatoms. The van der Waals surface area contributed by atoms with Crippen molar-refractivity contribution in [2.75, 3.05) is 0 Å². The van der Waals surface area contributed by atoms with Crippen LogP contribution in [0.5, 0.6) is 0 Å². The van der Waals surface area contributed by atoms with E-state index in [0.717, 1.165) is 51.4 Å². The molecule has 0 rings (SSSR count). The van der Waals surface area contributed by atoms with Crippen LogP contribution in [-0.4, -0.2) is 23.1 Å². The number of esters is 1. The lowest BCUT2D eigenvalue weighted by Gasteiger charge is -2.13. The van der Waals surface area contributed by atoms with E-state index in [2.05, 4.69) is 50.3 Å². The van der Waals surface area contributed by atoms with Gasteiger partial charge in [-0.15, -0.1) is 0 Å². The first-order valence-corrected chi connectivity index (χ1v) is 18.5. The van der Waals surface area contributed by atoms with E-state index in [1.54, 1.807) is 0 Å². The van der Waals surface area contributed by atoms with Crippen molar-refractivity contribution in [3.05, 3.63) is 36.5 Å². The summed E-state index contributed by atoms with van der Waals surface area (Å²) in [4.78, 5) is 23.7. The van der Waals surface area contributed by atoms with Crippen molar-refractivity contribution in [1.29, 1.82) is 0 Å². The number of unbranched alkanes of at least 4 members (excludes halogenated alkanes) is 21. The van der Waals surface area contributed by atoms with E-state index in [-0.39, 0.29) is 5.97 Å². The number of hydrogen-bond acceptors (Lipinski definition) is 3. The lowest BCUT2D eigenvalue weighted by molar-refractivity contribution is -0.164. The van der Waals surface area contributed by atoms with Crippen LogP contribution >= 0.6 is 0 Å². The van der Waals surface area contributed by atoms with Crippen LogP contribution in [0.3, 0.4) is 0 Å². The summed E-state index contributed by atoms with van der Waals surface area (Å²) in [6.07, 6.45) is 44.6. The molecule has 1 N–H and O–H groups in total. The first kappa shape index (κ1) is 41.2. The average molecular weight is 603 g/mol. The van der Waals surface area contributed by atoms with Crippen molar-refractivity contribution in [3.63, 3.8) is 0 Å². The minimum absolute atomic E-state index is 0.326. The van der Waals surface area contributed by atoms with Gasteiger partial charge in [-0.05, 0) is 77.0 Å². The maximum absolute atomic E-state index is 12.2. The SMILES string of the molecule is CCCCC/C=C\C/C=C\CCCC/C=C\CCCCCCCC(=O)OC(CCCCCCCCCCCCC)C(=O)O. The van der Waals surface area contributed by atoms with E-state index >= 15 is 0 Å². The molecule has 0 aromatic heterocycles. The van der Waals surface area contributed by atoms with E-state index in [9.17, 15) is 14.7 Å².